The maximum Gasteiger partial charge on any atom is 0.312 e. The average molecular weight is 437 g/mol. The number of hydrogen-bond donors (Lipinski definition) is 0. The van der Waals surface area contributed by atoms with Crippen molar-refractivity contribution in [2.75, 3.05) is 19.7 Å². The van der Waals surface area contributed by atoms with Gasteiger partial charge in [0, 0.05) is 37.8 Å². The van der Waals surface area contributed by atoms with Crippen molar-refractivity contribution in [3.8, 4) is 11.3 Å². The zero-order chi connectivity index (χ0) is 22.7. The van der Waals surface area contributed by atoms with E-state index in [4.69, 9.17) is 9.26 Å². The van der Waals surface area contributed by atoms with Gasteiger partial charge in [0.25, 0.3) is 0 Å². The number of benzene rings is 1. The number of carbonyl (C=O) groups excluding carboxylic acids is 1. The van der Waals surface area contributed by atoms with E-state index < -0.39 is 5.41 Å². The highest BCUT2D eigenvalue weighted by molar-refractivity contribution is 5.77. The maximum absolute atomic E-state index is 13.1. The Morgan fingerprint density at radius 2 is 2.00 bits per heavy atom. The molecule has 1 aromatic carbocycles. The predicted molar refractivity (Wildman–Crippen MR) is 122 cm³/mol. The molecular weight excluding hydrogens is 404 g/mol. The molecular formula is C25H32N4O3. The van der Waals surface area contributed by atoms with Crippen molar-refractivity contribution < 1.29 is 14.1 Å². The first-order valence-electron chi connectivity index (χ1n) is 11.3. The largest absolute Gasteiger partial charge is 0.466 e. The van der Waals surface area contributed by atoms with Crippen molar-refractivity contribution in [3.63, 3.8) is 0 Å². The fourth-order valence-corrected chi connectivity index (χ4v) is 4.47. The van der Waals surface area contributed by atoms with Crippen LogP contribution in [-0.4, -0.2) is 45.3 Å². The molecule has 32 heavy (non-hydrogen) atoms. The van der Waals surface area contributed by atoms with Gasteiger partial charge in [-0.05, 0) is 52.8 Å². The number of likely N-dealkylation sites (tertiary alicyclic amines) is 1. The number of hydrogen-bond acceptors (Lipinski definition) is 6. The smallest absolute Gasteiger partial charge is 0.312 e. The van der Waals surface area contributed by atoms with Gasteiger partial charge in [-0.25, -0.2) is 4.98 Å². The van der Waals surface area contributed by atoms with E-state index in [9.17, 15) is 4.79 Å². The third kappa shape index (κ3) is 4.63. The highest BCUT2D eigenvalue weighted by atomic mass is 16.5. The van der Waals surface area contributed by atoms with Crippen LogP contribution in [0.5, 0.6) is 0 Å². The summed E-state index contributed by atoms with van der Waals surface area (Å²) >= 11 is 0. The maximum atomic E-state index is 13.1. The summed E-state index contributed by atoms with van der Waals surface area (Å²) < 4.78 is 13.3. The highest BCUT2D eigenvalue weighted by Crippen LogP contribution is 2.38. The van der Waals surface area contributed by atoms with Gasteiger partial charge in [-0.3, -0.25) is 9.69 Å². The van der Waals surface area contributed by atoms with Crippen molar-refractivity contribution >= 4 is 5.97 Å². The molecule has 1 aliphatic heterocycles. The summed E-state index contributed by atoms with van der Waals surface area (Å²) in [5.41, 5.74) is 3.59. The molecule has 0 unspecified atom stereocenters. The molecule has 3 heterocycles. The Hall–Kier alpha value is -2.93. The topological polar surface area (TPSA) is 73.4 Å². The first kappa shape index (κ1) is 22.3. The van der Waals surface area contributed by atoms with Crippen LogP contribution in [-0.2, 0) is 29.5 Å². The number of ether oxygens (including phenoxy) is 1. The molecule has 0 amide bonds. The van der Waals surface area contributed by atoms with Crippen LogP contribution in [0.3, 0.4) is 0 Å². The molecule has 4 rings (SSSR count). The molecule has 0 N–H and O–H groups in total. The van der Waals surface area contributed by atoms with Gasteiger partial charge in [0.1, 0.15) is 17.3 Å². The second kappa shape index (κ2) is 9.28. The van der Waals surface area contributed by atoms with E-state index in [2.05, 4.69) is 38.7 Å². The number of esters is 1. The second-order valence-corrected chi connectivity index (χ2v) is 8.86. The lowest BCUT2D eigenvalue weighted by molar-refractivity contribution is -0.159. The number of nitrogens with zero attached hydrogens (tertiary/aromatic N) is 4. The number of rotatable bonds is 7. The third-order valence-electron chi connectivity index (χ3n) is 6.61. The quantitative estimate of drug-likeness (QED) is 0.520. The Balaban J connectivity index is 1.48. The van der Waals surface area contributed by atoms with Crippen LogP contribution in [0.15, 0.2) is 41.1 Å². The van der Waals surface area contributed by atoms with Crippen molar-refractivity contribution in [1.82, 2.24) is 19.6 Å². The third-order valence-corrected chi connectivity index (χ3v) is 6.61. The Kier molecular flexibility index (Phi) is 6.46. The molecule has 0 radical (unpaired) electrons. The fourth-order valence-electron chi connectivity index (χ4n) is 4.47. The van der Waals surface area contributed by atoms with Crippen LogP contribution in [0.4, 0.5) is 0 Å². The molecule has 1 saturated heterocycles. The number of piperidine rings is 1. The van der Waals surface area contributed by atoms with E-state index >= 15 is 0 Å². The van der Waals surface area contributed by atoms with E-state index in [-0.39, 0.29) is 5.97 Å². The minimum atomic E-state index is -0.585. The van der Waals surface area contributed by atoms with Crippen LogP contribution in [0.25, 0.3) is 11.3 Å². The molecule has 170 valence electrons. The Bertz CT molecular complexity index is 1080. The van der Waals surface area contributed by atoms with Gasteiger partial charge in [-0.2, -0.15) is 0 Å². The molecule has 7 nitrogen and oxygen atoms in total. The summed E-state index contributed by atoms with van der Waals surface area (Å²) in [4.78, 5) is 19.8. The Labute approximate surface area is 189 Å². The molecule has 1 fully saturated rings. The molecule has 3 aromatic rings. The van der Waals surface area contributed by atoms with Crippen molar-refractivity contribution in [2.45, 2.75) is 46.6 Å². The highest BCUT2D eigenvalue weighted by Gasteiger charge is 2.44. The van der Waals surface area contributed by atoms with Gasteiger partial charge < -0.3 is 13.8 Å². The lowest BCUT2D eigenvalue weighted by Crippen LogP contribution is -2.46. The summed E-state index contributed by atoms with van der Waals surface area (Å²) in [7, 11) is 2.04. The average Bonchev–Trinajstić information content (AvgIpc) is 3.37. The van der Waals surface area contributed by atoms with E-state index in [1.807, 2.05) is 45.3 Å². The zero-order valence-corrected chi connectivity index (χ0v) is 19.4. The van der Waals surface area contributed by atoms with Gasteiger partial charge >= 0.3 is 5.97 Å². The van der Waals surface area contributed by atoms with Crippen molar-refractivity contribution in [1.29, 1.82) is 0 Å². The molecule has 0 aliphatic carbocycles. The lowest BCUT2D eigenvalue weighted by Gasteiger charge is -2.39. The summed E-state index contributed by atoms with van der Waals surface area (Å²) in [6, 6.07) is 10.1. The lowest BCUT2D eigenvalue weighted by atomic mass is 9.75. The van der Waals surface area contributed by atoms with Crippen LogP contribution >= 0.6 is 0 Å². The minimum absolute atomic E-state index is 0.135. The number of carbonyl (C=O) groups is 1. The van der Waals surface area contributed by atoms with E-state index in [0.29, 0.717) is 13.0 Å². The predicted octanol–water partition coefficient (Wildman–Crippen LogP) is 4.08. The van der Waals surface area contributed by atoms with Crippen LogP contribution < -0.4 is 0 Å². The first-order chi connectivity index (χ1) is 15.4. The van der Waals surface area contributed by atoms with Gasteiger partial charge in [-0.15, -0.1) is 0 Å². The van der Waals surface area contributed by atoms with E-state index in [1.54, 1.807) is 0 Å². The van der Waals surface area contributed by atoms with Crippen LogP contribution in [0.2, 0.25) is 0 Å². The van der Waals surface area contributed by atoms with Gasteiger partial charge in [-0.1, -0.05) is 28.9 Å². The van der Waals surface area contributed by atoms with Crippen LogP contribution in [0, 0.1) is 19.3 Å². The van der Waals surface area contributed by atoms with Gasteiger partial charge in [0.2, 0.25) is 0 Å². The molecule has 0 saturated carbocycles. The molecule has 0 bridgehead atoms. The second-order valence-electron chi connectivity index (χ2n) is 8.86. The van der Waals surface area contributed by atoms with Crippen molar-refractivity contribution in [3.05, 3.63) is 59.4 Å². The van der Waals surface area contributed by atoms with Crippen molar-refractivity contribution in [2.24, 2.45) is 12.5 Å². The normalized spacial score (nSPS) is 16.2. The Morgan fingerprint density at radius 3 is 2.66 bits per heavy atom. The summed E-state index contributed by atoms with van der Waals surface area (Å²) in [5.74, 6) is 1.60. The van der Waals surface area contributed by atoms with Crippen LogP contribution in [0.1, 0.15) is 42.6 Å². The Morgan fingerprint density at radius 1 is 1.22 bits per heavy atom. The summed E-state index contributed by atoms with van der Waals surface area (Å²) in [6.45, 7) is 8.77. The molecule has 0 spiro atoms. The molecule has 7 heteroatoms. The first-order valence-corrected chi connectivity index (χ1v) is 11.3. The molecule has 0 atom stereocenters. The fraction of sp³-hybridized carbons (Fsp3) is 0.480. The SMILES string of the molecule is CCOC(=O)C1(Cc2cc(-c3cccc(C)c3)no2)CCN(Cc2cnc(C)n2C)CC1. The number of imidazole rings is 1. The van der Waals surface area contributed by atoms with Gasteiger partial charge in [0.05, 0.1) is 17.7 Å². The number of aromatic nitrogens is 3. The standard InChI is InChI=1S/C25H32N4O3/c1-5-31-24(30)25(9-11-29(12-10-25)17-21-16-26-19(3)28(21)4)15-22-14-23(27-32-22)20-8-6-7-18(2)13-20/h6-8,13-14,16H,5,9-12,15,17H2,1-4H3. The molecule has 1 aliphatic rings. The molecule has 2 aromatic heterocycles. The van der Waals surface area contributed by atoms with E-state index in [0.717, 1.165) is 55.3 Å². The number of aryl methyl sites for hydroxylation is 2. The monoisotopic (exact) mass is 436 g/mol. The van der Waals surface area contributed by atoms with Gasteiger partial charge in [0.15, 0.2) is 0 Å². The van der Waals surface area contributed by atoms with E-state index in [1.165, 1.54) is 11.3 Å². The summed E-state index contributed by atoms with van der Waals surface area (Å²) in [6.07, 6.45) is 3.89. The zero-order valence-electron chi connectivity index (χ0n) is 19.4. The summed E-state index contributed by atoms with van der Waals surface area (Å²) in [5, 5.41) is 4.27. The minimum Gasteiger partial charge on any atom is -0.466 e.